The highest BCUT2D eigenvalue weighted by Crippen LogP contribution is 2.28. The van der Waals surface area contributed by atoms with Crippen molar-refractivity contribution in [2.24, 2.45) is 0 Å². The third-order valence-corrected chi connectivity index (χ3v) is 5.47. The van der Waals surface area contributed by atoms with Crippen molar-refractivity contribution < 1.29 is 4.79 Å². The number of rotatable bonds is 6. The van der Waals surface area contributed by atoms with Crippen LogP contribution in [0.1, 0.15) is 30.9 Å². The molecule has 7 heteroatoms. The standard InChI is InChI=1S/C18H20N4OS2/c1-11(2)13-7-4-6-12(3)16(13)19-15(23)10-25-18-20-17(21-22-18)14-8-5-9-24-14/h4-9,11H,10H2,1-3H3,(H,19,23)(H,20,21,22). The van der Waals surface area contributed by atoms with E-state index in [9.17, 15) is 4.79 Å². The van der Waals surface area contributed by atoms with Gasteiger partial charge in [-0.25, -0.2) is 4.98 Å². The van der Waals surface area contributed by atoms with Crippen LogP contribution in [0.3, 0.4) is 0 Å². The first-order chi connectivity index (χ1) is 12.0. The number of carbonyl (C=O) groups excluding carboxylic acids is 1. The Kier molecular flexibility index (Phi) is 5.55. The molecule has 0 aliphatic rings. The fourth-order valence-electron chi connectivity index (χ4n) is 2.48. The fourth-order valence-corrected chi connectivity index (χ4v) is 3.74. The van der Waals surface area contributed by atoms with Gasteiger partial charge in [0.15, 0.2) is 5.82 Å². The maximum atomic E-state index is 12.4. The lowest BCUT2D eigenvalue weighted by atomic mass is 9.98. The monoisotopic (exact) mass is 372 g/mol. The van der Waals surface area contributed by atoms with Gasteiger partial charge in [0.2, 0.25) is 11.1 Å². The second-order valence-corrected chi connectivity index (χ2v) is 7.86. The van der Waals surface area contributed by atoms with Crippen LogP contribution in [-0.2, 0) is 4.79 Å². The van der Waals surface area contributed by atoms with Crippen LogP contribution in [-0.4, -0.2) is 26.8 Å². The van der Waals surface area contributed by atoms with Crippen LogP contribution < -0.4 is 5.32 Å². The summed E-state index contributed by atoms with van der Waals surface area (Å²) in [6, 6.07) is 10.0. The Balaban J connectivity index is 1.63. The summed E-state index contributed by atoms with van der Waals surface area (Å²) in [7, 11) is 0. The highest BCUT2D eigenvalue weighted by atomic mass is 32.2. The molecule has 1 aromatic carbocycles. The number of nitrogens with one attached hydrogen (secondary N) is 2. The molecule has 0 saturated heterocycles. The smallest absolute Gasteiger partial charge is 0.234 e. The molecule has 5 nitrogen and oxygen atoms in total. The molecule has 0 atom stereocenters. The molecule has 130 valence electrons. The number of carbonyl (C=O) groups is 1. The van der Waals surface area contributed by atoms with Gasteiger partial charge >= 0.3 is 0 Å². The molecule has 0 bridgehead atoms. The molecule has 0 saturated carbocycles. The van der Waals surface area contributed by atoms with Crippen molar-refractivity contribution in [2.75, 3.05) is 11.1 Å². The summed E-state index contributed by atoms with van der Waals surface area (Å²) in [6.45, 7) is 6.26. The average Bonchev–Trinajstić information content (AvgIpc) is 3.25. The van der Waals surface area contributed by atoms with E-state index in [2.05, 4.69) is 40.4 Å². The number of para-hydroxylation sites is 1. The Bertz CT molecular complexity index is 856. The first kappa shape index (κ1) is 17.7. The largest absolute Gasteiger partial charge is 0.325 e. The highest BCUT2D eigenvalue weighted by molar-refractivity contribution is 7.99. The van der Waals surface area contributed by atoms with E-state index in [0.29, 0.717) is 11.1 Å². The van der Waals surface area contributed by atoms with Crippen molar-refractivity contribution in [1.82, 2.24) is 15.2 Å². The van der Waals surface area contributed by atoms with Crippen LogP contribution >= 0.6 is 23.1 Å². The maximum absolute atomic E-state index is 12.4. The Morgan fingerprint density at radius 3 is 2.88 bits per heavy atom. The van der Waals surface area contributed by atoms with E-state index in [0.717, 1.165) is 27.5 Å². The first-order valence-corrected chi connectivity index (χ1v) is 9.89. The molecule has 25 heavy (non-hydrogen) atoms. The summed E-state index contributed by atoms with van der Waals surface area (Å²) in [6.07, 6.45) is 0. The molecule has 3 rings (SSSR count). The number of aromatic amines is 1. The van der Waals surface area contributed by atoms with Gasteiger partial charge in [0.05, 0.1) is 10.6 Å². The lowest BCUT2D eigenvalue weighted by molar-refractivity contribution is -0.113. The van der Waals surface area contributed by atoms with Crippen molar-refractivity contribution >= 4 is 34.7 Å². The summed E-state index contributed by atoms with van der Waals surface area (Å²) in [5, 5.41) is 12.7. The molecule has 0 fully saturated rings. The fraction of sp³-hybridized carbons (Fsp3) is 0.278. The van der Waals surface area contributed by atoms with Crippen molar-refractivity contribution in [3.63, 3.8) is 0 Å². The van der Waals surface area contributed by atoms with Gasteiger partial charge in [0.1, 0.15) is 0 Å². The summed E-state index contributed by atoms with van der Waals surface area (Å²) in [5.41, 5.74) is 3.14. The predicted octanol–water partition coefficient (Wildman–Crippen LogP) is 4.70. The number of amides is 1. The normalized spacial score (nSPS) is 11.0. The van der Waals surface area contributed by atoms with Crippen LogP contribution in [0.2, 0.25) is 0 Å². The third-order valence-electron chi connectivity index (χ3n) is 3.74. The number of aromatic nitrogens is 3. The van der Waals surface area contributed by atoms with Gasteiger partial charge < -0.3 is 5.32 Å². The molecule has 0 aliphatic carbocycles. The second-order valence-electron chi connectivity index (χ2n) is 5.97. The van der Waals surface area contributed by atoms with E-state index in [1.54, 1.807) is 11.3 Å². The average molecular weight is 373 g/mol. The molecule has 2 heterocycles. The minimum absolute atomic E-state index is 0.0522. The minimum atomic E-state index is -0.0522. The lowest BCUT2D eigenvalue weighted by Gasteiger charge is -2.16. The van der Waals surface area contributed by atoms with Crippen LogP contribution in [0.5, 0.6) is 0 Å². The molecule has 2 aromatic heterocycles. The molecule has 1 amide bonds. The number of nitrogens with zero attached hydrogens (tertiary/aromatic N) is 2. The number of aryl methyl sites for hydroxylation is 1. The number of thioether (sulfide) groups is 1. The zero-order valence-electron chi connectivity index (χ0n) is 14.4. The molecule has 2 N–H and O–H groups in total. The number of H-pyrrole nitrogens is 1. The van der Waals surface area contributed by atoms with Gasteiger partial charge in [-0.3, -0.25) is 9.89 Å². The number of anilines is 1. The van der Waals surface area contributed by atoms with Crippen molar-refractivity contribution in [2.45, 2.75) is 31.8 Å². The van der Waals surface area contributed by atoms with Gasteiger partial charge in [0, 0.05) is 5.69 Å². The minimum Gasteiger partial charge on any atom is -0.325 e. The summed E-state index contributed by atoms with van der Waals surface area (Å²) in [4.78, 5) is 17.8. The van der Waals surface area contributed by atoms with Crippen molar-refractivity contribution in [3.8, 4) is 10.7 Å². The number of benzene rings is 1. The molecule has 0 radical (unpaired) electrons. The third kappa shape index (κ3) is 4.29. The van der Waals surface area contributed by atoms with Gasteiger partial charge in [-0.15, -0.1) is 16.4 Å². The van der Waals surface area contributed by atoms with Gasteiger partial charge in [-0.2, -0.15) is 0 Å². The van der Waals surface area contributed by atoms with Crippen molar-refractivity contribution in [3.05, 3.63) is 46.8 Å². The highest BCUT2D eigenvalue weighted by Gasteiger charge is 2.14. The Hall–Kier alpha value is -2.12. The number of thiophene rings is 1. The van der Waals surface area contributed by atoms with Crippen molar-refractivity contribution in [1.29, 1.82) is 0 Å². The quantitative estimate of drug-likeness (QED) is 0.616. The molecule has 0 unspecified atom stereocenters. The van der Waals surface area contributed by atoms with E-state index in [-0.39, 0.29) is 11.7 Å². The topological polar surface area (TPSA) is 70.7 Å². The van der Waals surface area contributed by atoms with Gasteiger partial charge in [-0.05, 0) is 35.4 Å². The Morgan fingerprint density at radius 1 is 1.32 bits per heavy atom. The molecule has 3 aromatic rings. The van der Waals surface area contributed by atoms with Crippen LogP contribution in [0.4, 0.5) is 5.69 Å². The second kappa shape index (κ2) is 7.84. The Labute approximate surface area is 155 Å². The summed E-state index contributed by atoms with van der Waals surface area (Å²) in [5.74, 6) is 1.31. The van der Waals surface area contributed by atoms with Crippen LogP contribution in [0, 0.1) is 6.92 Å². The van der Waals surface area contributed by atoms with Gasteiger partial charge in [-0.1, -0.05) is 49.9 Å². The SMILES string of the molecule is Cc1cccc(C(C)C)c1NC(=O)CSc1n[nH]c(-c2cccs2)n1. The molecular formula is C18H20N4OS2. The van der Waals surface area contributed by atoms with Crippen LogP contribution in [0.25, 0.3) is 10.7 Å². The zero-order valence-corrected chi connectivity index (χ0v) is 16.0. The van der Waals surface area contributed by atoms with E-state index < -0.39 is 0 Å². The lowest BCUT2D eigenvalue weighted by Crippen LogP contribution is -2.16. The predicted molar refractivity (Wildman–Crippen MR) is 104 cm³/mol. The summed E-state index contributed by atoms with van der Waals surface area (Å²) < 4.78 is 0. The molecule has 0 aliphatic heterocycles. The maximum Gasteiger partial charge on any atom is 0.234 e. The van der Waals surface area contributed by atoms with E-state index >= 15 is 0 Å². The molecular weight excluding hydrogens is 352 g/mol. The summed E-state index contributed by atoms with van der Waals surface area (Å²) >= 11 is 2.92. The zero-order chi connectivity index (χ0) is 17.8. The number of hydrogen-bond acceptors (Lipinski definition) is 5. The number of hydrogen-bond donors (Lipinski definition) is 2. The first-order valence-electron chi connectivity index (χ1n) is 8.03. The van der Waals surface area contributed by atoms with Crippen LogP contribution in [0.15, 0.2) is 40.9 Å². The molecule has 0 spiro atoms. The van der Waals surface area contributed by atoms with E-state index in [1.165, 1.54) is 11.8 Å². The van der Waals surface area contributed by atoms with E-state index in [4.69, 9.17) is 0 Å². The van der Waals surface area contributed by atoms with E-state index in [1.807, 2.05) is 36.6 Å². The van der Waals surface area contributed by atoms with Gasteiger partial charge in [0.25, 0.3) is 0 Å². The Morgan fingerprint density at radius 2 is 2.16 bits per heavy atom.